The van der Waals surface area contributed by atoms with Gasteiger partial charge >= 0.3 is 6.03 Å². The number of amides is 2. The van der Waals surface area contributed by atoms with Crippen molar-refractivity contribution in [3.05, 3.63) is 65.5 Å². The quantitative estimate of drug-likeness (QED) is 0.762. The number of halogens is 1. The smallest absolute Gasteiger partial charge is 0.315 e. The Kier molecular flexibility index (Phi) is 6.14. The largest absolute Gasteiger partial charge is 0.386 e. The number of aliphatic hydroxyl groups excluding tert-OH is 1. The summed E-state index contributed by atoms with van der Waals surface area (Å²) in [5, 5.41) is 15.2. The molecule has 5 nitrogen and oxygen atoms in total. The number of nitrogens with zero attached hydrogens (tertiary/aromatic N) is 1. The zero-order valence-corrected chi connectivity index (χ0v) is 13.8. The second-order valence-electron chi connectivity index (χ2n) is 5.66. The lowest BCUT2D eigenvalue weighted by molar-refractivity contribution is 0.169. The summed E-state index contributed by atoms with van der Waals surface area (Å²) in [7, 11) is 3.92. The van der Waals surface area contributed by atoms with E-state index in [1.165, 1.54) is 12.1 Å². The summed E-state index contributed by atoms with van der Waals surface area (Å²) in [6.07, 6.45) is -1.09. The van der Waals surface area contributed by atoms with Crippen molar-refractivity contribution < 1.29 is 14.3 Å². The number of rotatable bonds is 6. The fourth-order valence-electron chi connectivity index (χ4n) is 2.20. The highest BCUT2D eigenvalue weighted by Crippen LogP contribution is 2.15. The molecule has 0 aliphatic rings. The third kappa shape index (κ3) is 4.96. The highest BCUT2D eigenvalue weighted by Gasteiger charge is 2.13. The highest BCUT2D eigenvalue weighted by molar-refractivity contribution is 5.73. The predicted octanol–water partition coefficient (Wildman–Crippen LogP) is 2.42. The minimum atomic E-state index is -1.09. The highest BCUT2D eigenvalue weighted by atomic mass is 19.1. The van der Waals surface area contributed by atoms with Crippen LogP contribution in [-0.4, -0.2) is 31.8 Å². The van der Waals surface area contributed by atoms with Crippen molar-refractivity contribution in [1.29, 1.82) is 0 Å². The molecule has 0 aliphatic carbocycles. The maximum atomic E-state index is 13.5. The maximum absolute atomic E-state index is 13.5. The number of carbonyl (C=O) groups is 1. The molecule has 2 rings (SSSR count). The third-order valence-corrected chi connectivity index (χ3v) is 3.63. The Morgan fingerprint density at radius 3 is 2.42 bits per heavy atom. The van der Waals surface area contributed by atoms with E-state index in [1.54, 1.807) is 12.1 Å². The Labute approximate surface area is 141 Å². The monoisotopic (exact) mass is 331 g/mol. The lowest BCUT2D eigenvalue weighted by atomic mass is 10.1. The molecule has 0 bridgehead atoms. The topological polar surface area (TPSA) is 64.6 Å². The van der Waals surface area contributed by atoms with Crippen LogP contribution in [0.25, 0.3) is 0 Å². The molecule has 2 aromatic carbocycles. The Morgan fingerprint density at radius 2 is 1.79 bits per heavy atom. The van der Waals surface area contributed by atoms with Crippen molar-refractivity contribution in [2.24, 2.45) is 0 Å². The molecule has 0 radical (unpaired) electrons. The normalized spacial score (nSPS) is 11.7. The van der Waals surface area contributed by atoms with Crippen molar-refractivity contribution in [3.63, 3.8) is 0 Å². The zero-order valence-electron chi connectivity index (χ0n) is 13.8. The molecular weight excluding hydrogens is 309 g/mol. The van der Waals surface area contributed by atoms with Gasteiger partial charge in [-0.05, 0) is 23.8 Å². The van der Waals surface area contributed by atoms with Gasteiger partial charge in [0.2, 0.25) is 0 Å². The Bertz CT molecular complexity index is 674. The van der Waals surface area contributed by atoms with E-state index < -0.39 is 18.0 Å². The first-order valence-corrected chi connectivity index (χ1v) is 7.68. The van der Waals surface area contributed by atoms with Crippen molar-refractivity contribution in [1.82, 2.24) is 10.6 Å². The van der Waals surface area contributed by atoms with Gasteiger partial charge in [-0.3, -0.25) is 0 Å². The summed E-state index contributed by atoms with van der Waals surface area (Å²) in [6, 6.07) is 13.3. The molecular formula is C18H22FN3O2. The van der Waals surface area contributed by atoms with Gasteiger partial charge in [-0.2, -0.15) is 0 Å². The van der Waals surface area contributed by atoms with Crippen molar-refractivity contribution in [2.75, 3.05) is 25.5 Å². The van der Waals surface area contributed by atoms with Crippen LogP contribution >= 0.6 is 0 Å². The number of nitrogens with one attached hydrogen (secondary N) is 2. The number of hydrogen-bond acceptors (Lipinski definition) is 3. The van der Waals surface area contributed by atoms with Crippen LogP contribution in [0.5, 0.6) is 0 Å². The Hall–Kier alpha value is -2.60. The van der Waals surface area contributed by atoms with Gasteiger partial charge in [0.1, 0.15) is 5.82 Å². The van der Waals surface area contributed by atoms with E-state index >= 15 is 0 Å². The molecule has 2 amide bonds. The first-order valence-electron chi connectivity index (χ1n) is 7.68. The van der Waals surface area contributed by atoms with E-state index in [-0.39, 0.29) is 12.1 Å². The lowest BCUT2D eigenvalue weighted by Crippen LogP contribution is -2.37. The van der Waals surface area contributed by atoms with Crippen molar-refractivity contribution >= 4 is 11.7 Å². The van der Waals surface area contributed by atoms with E-state index in [1.807, 2.05) is 43.3 Å². The molecule has 0 saturated carbocycles. The molecule has 24 heavy (non-hydrogen) atoms. The van der Waals surface area contributed by atoms with Crippen LogP contribution in [-0.2, 0) is 6.54 Å². The number of hydrogen-bond donors (Lipinski definition) is 3. The summed E-state index contributed by atoms with van der Waals surface area (Å²) in [5.74, 6) is -0.492. The van der Waals surface area contributed by atoms with E-state index in [0.29, 0.717) is 6.54 Å². The van der Waals surface area contributed by atoms with Crippen LogP contribution in [0.4, 0.5) is 14.9 Å². The molecule has 0 fully saturated rings. The van der Waals surface area contributed by atoms with Gasteiger partial charge in [-0.1, -0.05) is 30.3 Å². The van der Waals surface area contributed by atoms with Gasteiger partial charge in [0.05, 0.1) is 6.10 Å². The number of benzene rings is 2. The average Bonchev–Trinajstić information content (AvgIpc) is 2.58. The van der Waals surface area contributed by atoms with Gasteiger partial charge in [0, 0.05) is 38.4 Å². The van der Waals surface area contributed by atoms with Crippen LogP contribution in [0, 0.1) is 5.82 Å². The van der Waals surface area contributed by atoms with Crippen LogP contribution in [0.15, 0.2) is 48.5 Å². The SMILES string of the molecule is CN(C)c1ccc(CNC(=O)NC[C@@H](O)c2ccccc2F)cc1. The number of anilines is 1. The molecule has 6 heteroatoms. The number of carbonyl (C=O) groups excluding carboxylic acids is 1. The summed E-state index contributed by atoms with van der Waals surface area (Å²) < 4.78 is 13.5. The van der Waals surface area contributed by atoms with E-state index in [9.17, 15) is 14.3 Å². The fourth-order valence-corrected chi connectivity index (χ4v) is 2.20. The predicted molar refractivity (Wildman–Crippen MR) is 92.4 cm³/mol. The summed E-state index contributed by atoms with van der Waals surface area (Å²) in [4.78, 5) is 13.8. The summed E-state index contributed by atoms with van der Waals surface area (Å²) in [5.41, 5.74) is 2.21. The Balaban J connectivity index is 1.78. The molecule has 0 spiro atoms. The van der Waals surface area contributed by atoms with Gasteiger partial charge in [-0.25, -0.2) is 9.18 Å². The molecule has 0 heterocycles. The van der Waals surface area contributed by atoms with Crippen LogP contribution < -0.4 is 15.5 Å². The second kappa shape index (κ2) is 8.31. The number of aliphatic hydroxyl groups is 1. The average molecular weight is 331 g/mol. The van der Waals surface area contributed by atoms with Gasteiger partial charge in [-0.15, -0.1) is 0 Å². The van der Waals surface area contributed by atoms with Gasteiger partial charge in [0.25, 0.3) is 0 Å². The Morgan fingerprint density at radius 1 is 1.12 bits per heavy atom. The molecule has 0 aliphatic heterocycles. The first kappa shape index (κ1) is 17.7. The minimum Gasteiger partial charge on any atom is -0.386 e. The zero-order chi connectivity index (χ0) is 17.5. The summed E-state index contributed by atoms with van der Waals surface area (Å²) >= 11 is 0. The van der Waals surface area contributed by atoms with Crippen molar-refractivity contribution in [2.45, 2.75) is 12.6 Å². The van der Waals surface area contributed by atoms with E-state index in [0.717, 1.165) is 11.3 Å². The molecule has 0 unspecified atom stereocenters. The molecule has 128 valence electrons. The van der Waals surface area contributed by atoms with Crippen molar-refractivity contribution in [3.8, 4) is 0 Å². The van der Waals surface area contributed by atoms with E-state index in [2.05, 4.69) is 10.6 Å². The molecule has 2 aromatic rings. The minimum absolute atomic E-state index is 0.0632. The van der Waals surface area contributed by atoms with Gasteiger partial charge < -0.3 is 20.6 Å². The molecule has 3 N–H and O–H groups in total. The molecule has 0 saturated heterocycles. The second-order valence-corrected chi connectivity index (χ2v) is 5.66. The molecule has 1 atom stereocenters. The fraction of sp³-hybridized carbons (Fsp3) is 0.278. The number of urea groups is 1. The van der Waals surface area contributed by atoms with E-state index in [4.69, 9.17) is 0 Å². The molecule has 0 aromatic heterocycles. The third-order valence-electron chi connectivity index (χ3n) is 3.63. The van der Waals surface area contributed by atoms with Gasteiger partial charge in [0.15, 0.2) is 0 Å². The van der Waals surface area contributed by atoms with Crippen LogP contribution in [0.2, 0.25) is 0 Å². The first-order chi connectivity index (χ1) is 11.5. The van der Waals surface area contributed by atoms with Crippen LogP contribution in [0.1, 0.15) is 17.2 Å². The standard InChI is InChI=1S/C18H22FN3O2/c1-22(2)14-9-7-13(8-10-14)11-20-18(24)21-12-17(23)15-5-3-4-6-16(15)19/h3-10,17,23H,11-12H2,1-2H3,(H2,20,21,24)/t17-/m1/s1. The summed E-state index contributed by atoms with van der Waals surface area (Å²) in [6.45, 7) is 0.307. The maximum Gasteiger partial charge on any atom is 0.315 e. The lowest BCUT2D eigenvalue weighted by Gasteiger charge is -2.14. The van der Waals surface area contributed by atoms with Crippen LogP contribution in [0.3, 0.4) is 0 Å².